The Morgan fingerprint density at radius 1 is 0.333 bits per heavy atom. The lowest BCUT2D eigenvalue weighted by molar-refractivity contribution is 0.626. The van der Waals surface area contributed by atoms with Gasteiger partial charge in [-0.25, -0.2) is 0 Å². The first-order valence-electron chi connectivity index (χ1n) is 24.5. The standard InChI is InChI=1S/C68H49N/c1-67(2)63-30-11-8-24-58(63)61-28-15-27-60(66(61)67)55-22-7-6-21-52(55)45-32-35-48(36-33-45)69(49-19-13-18-47(42-49)53-25-14-26-54-51-20-5-3-16-44(51)34-38-56(53)54)50-37-39-59-57-23-9-12-31-64(57)68(65(59)43-50)41-40-46-17-4-10-29-62(46)68/h3-39,42-43H,40-41H2,1-2H3. The van der Waals surface area contributed by atoms with Crippen LogP contribution in [0.2, 0.25) is 0 Å². The molecule has 1 atom stereocenters. The summed E-state index contributed by atoms with van der Waals surface area (Å²) >= 11 is 0. The molecule has 0 amide bonds. The summed E-state index contributed by atoms with van der Waals surface area (Å²) in [6, 6.07) is 89.0. The highest BCUT2D eigenvalue weighted by molar-refractivity contribution is 6.12. The summed E-state index contributed by atoms with van der Waals surface area (Å²) in [4.78, 5) is 2.49. The Bertz CT molecular complexity index is 3890. The van der Waals surface area contributed by atoms with Crippen LogP contribution in [0, 0.1) is 0 Å². The lowest BCUT2D eigenvalue weighted by Crippen LogP contribution is -2.24. The fourth-order valence-electron chi connectivity index (χ4n) is 13.0. The number of hydrogen-bond donors (Lipinski definition) is 0. The van der Waals surface area contributed by atoms with Gasteiger partial charge in [-0.1, -0.05) is 214 Å². The van der Waals surface area contributed by atoms with E-state index >= 15 is 0 Å². The molecule has 11 aromatic carbocycles. The summed E-state index contributed by atoms with van der Waals surface area (Å²) in [5, 5.41) is 5.08. The Labute approximate surface area is 404 Å². The van der Waals surface area contributed by atoms with E-state index in [1.165, 1.54) is 111 Å². The largest absolute Gasteiger partial charge is 0.310 e. The first-order valence-corrected chi connectivity index (χ1v) is 24.5. The molecule has 0 saturated heterocycles. The Morgan fingerprint density at radius 3 is 1.75 bits per heavy atom. The molecule has 0 aliphatic heterocycles. The summed E-state index contributed by atoms with van der Waals surface area (Å²) in [6.45, 7) is 4.77. The Morgan fingerprint density at radius 2 is 0.913 bits per heavy atom. The van der Waals surface area contributed by atoms with Crippen LogP contribution in [-0.4, -0.2) is 0 Å². The van der Waals surface area contributed by atoms with Gasteiger partial charge in [0.05, 0.1) is 0 Å². The van der Waals surface area contributed by atoms with Crippen molar-refractivity contribution in [2.24, 2.45) is 0 Å². The predicted octanol–water partition coefficient (Wildman–Crippen LogP) is 18.0. The van der Waals surface area contributed by atoms with Crippen LogP contribution in [0.15, 0.2) is 237 Å². The van der Waals surface area contributed by atoms with Crippen LogP contribution in [0.4, 0.5) is 17.1 Å². The van der Waals surface area contributed by atoms with Gasteiger partial charge >= 0.3 is 0 Å². The Kier molecular flexibility index (Phi) is 8.74. The molecule has 0 radical (unpaired) electrons. The third-order valence-corrected chi connectivity index (χ3v) is 16.1. The Hall–Kier alpha value is -8.26. The summed E-state index contributed by atoms with van der Waals surface area (Å²) < 4.78 is 0. The molecule has 1 spiro atoms. The second-order valence-electron chi connectivity index (χ2n) is 19.9. The van der Waals surface area contributed by atoms with Gasteiger partial charge in [0.2, 0.25) is 0 Å². The smallest absolute Gasteiger partial charge is 0.0470 e. The monoisotopic (exact) mass is 879 g/mol. The number of hydrogen-bond acceptors (Lipinski definition) is 1. The first kappa shape index (κ1) is 39.9. The van der Waals surface area contributed by atoms with Gasteiger partial charge in [0, 0.05) is 27.9 Å². The number of aryl methyl sites for hydroxylation is 1. The van der Waals surface area contributed by atoms with Gasteiger partial charge in [0.15, 0.2) is 0 Å². The maximum Gasteiger partial charge on any atom is 0.0470 e. The lowest BCUT2D eigenvalue weighted by Gasteiger charge is -2.31. The second kappa shape index (κ2) is 15.1. The van der Waals surface area contributed by atoms with Gasteiger partial charge in [-0.05, 0) is 160 Å². The van der Waals surface area contributed by atoms with Crippen LogP contribution < -0.4 is 4.90 Å². The van der Waals surface area contributed by atoms with E-state index in [4.69, 9.17) is 0 Å². The quantitative estimate of drug-likeness (QED) is 0.150. The van der Waals surface area contributed by atoms with Crippen molar-refractivity contribution in [3.8, 4) is 55.6 Å². The van der Waals surface area contributed by atoms with Crippen molar-refractivity contribution in [3.05, 3.63) is 270 Å². The molecule has 0 fully saturated rings. The number of rotatable bonds is 6. The normalized spacial score (nSPS) is 15.7. The minimum Gasteiger partial charge on any atom is -0.310 e. The average Bonchev–Trinajstić information content (AvgIpc) is 4.02. The number of fused-ring (bicyclic) bond motifs is 13. The van der Waals surface area contributed by atoms with Crippen molar-refractivity contribution >= 4 is 38.6 Å². The summed E-state index contributed by atoms with van der Waals surface area (Å²) in [6.07, 6.45) is 2.13. The molecule has 1 unspecified atom stereocenters. The van der Waals surface area contributed by atoms with E-state index in [9.17, 15) is 0 Å². The summed E-state index contributed by atoms with van der Waals surface area (Å²) in [7, 11) is 0. The van der Waals surface area contributed by atoms with Crippen molar-refractivity contribution in [1.29, 1.82) is 0 Å². The van der Waals surface area contributed by atoms with Crippen LogP contribution in [0.3, 0.4) is 0 Å². The molecule has 0 aromatic heterocycles. The third-order valence-electron chi connectivity index (χ3n) is 16.1. The first-order chi connectivity index (χ1) is 34.0. The third kappa shape index (κ3) is 5.84. The maximum absolute atomic E-state index is 2.52. The highest BCUT2D eigenvalue weighted by Gasteiger charge is 2.48. The number of nitrogens with zero attached hydrogens (tertiary/aromatic N) is 1. The van der Waals surface area contributed by atoms with E-state index in [0.717, 1.165) is 29.9 Å². The second-order valence-corrected chi connectivity index (χ2v) is 19.9. The number of anilines is 3. The van der Waals surface area contributed by atoms with Crippen molar-refractivity contribution < 1.29 is 0 Å². The Balaban J connectivity index is 0.932. The average molecular weight is 880 g/mol. The van der Waals surface area contributed by atoms with Crippen molar-refractivity contribution in [1.82, 2.24) is 0 Å². The van der Waals surface area contributed by atoms with Gasteiger partial charge in [-0.2, -0.15) is 0 Å². The summed E-state index contributed by atoms with van der Waals surface area (Å²) in [5.41, 5.74) is 24.4. The predicted molar refractivity (Wildman–Crippen MR) is 290 cm³/mol. The molecule has 1 nitrogen and oxygen atoms in total. The van der Waals surface area contributed by atoms with E-state index in [1.54, 1.807) is 0 Å². The highest BCUT2D eigenvalue weighted by atomic mass is 15.1. The fourth-order valence-corrected chi connectivity index (χ4v) is 13.0. The molecule has 14 rings (SSSR count). The van der Waals surface area contributed by atoms with E-state index < -0.39 is 0 Å². The van der Waals surface area contributed by atoms with Crippen molar-refractivity contribution in [2.75, 3.05) is 4.90 Å². The minimum atomic E-state index is -0.196. The molecule has 0 bridgehead atoms. The summed E-state index contributed by atoms with van der Waals surface area (Å²) in [5.74, 6) is 0. The van der Waals surface area contributed by atoms with Crippen molar-refractivity contribution in [2.45, 2.75) is 37.5 Å². The molecule has 0 saturated carbocycles. The molecule has 326 valence electrons. The van der Waals surface area contributed by atoms with Gasteiger partial charge < -0.3 is 4.90 Å². The van der Waals surface area contributed by atoms with Crippen LogP contribution in [0.5, 0.6) is 0 Å². The molecule has 1 heteroatoms. The zero-order chi connectivity index (χ0) is 45.8. The van der Waals surface area contributed by atoms with Crippen molar-refractivity contribution in [3.63, 3.8) is 0 Å². The van der Waals surface area contributed by atoms with Gasteiger partial charge in [-0.15, -0.1) is 0 Å². The van der Waals surface area contributed by atoms with Crippen LogP contribution >= 0.6 is 0 Å². The molecular weight excluding hydrogens is 831 g/mol. The minimum absolute atomic E-state index is 0.120. The zero-order valence-corrected chi connectivity index (χ0v) is 38.9. The molecule has 11 aromatic rings. The molecule has 3 aliphatic rings. The van der Waals surface area contributed by atoms with Gasteiger partial charge in [0.25, 0.3) is 0 Å². The molecule has 0 N–H and O–H groups in total. The van der Waals surface area contributed by atoms with E-state index in [-0.39, 0.29) is 10.8 Å². The fraction of sp³-hybridized carbons (Fsp3) is 0.0882. The molecule has 69 heavy (non-hydrogen) atoms. The number of benzene rings is 11. The van der Waals surface area contributed by atoms with E-state index in [1.807, 2.05) is 0 Å². The topological polar surface area (TPSA) is 3.24 Å². The van der Waals surface area contributed by atoms with E-state index in [2.05, 4.69) is 255 Å². The van der Waals surface area contributed by atoms with Crippen LogP contribution in [0.1, 0.15) is 53.6 Å². The zero-order valence-electron chi connectivity index (χ0n) is 38.9. The van der Waals surface area contributed by atoms with Crippen LogP contribution in [0.25, 0.3) is 77.2 Å². The SMILES string of the molecule is CC1(C)c2ccccc2-c2cccc(-c3ccccc3-c3ccc(N(c4cccc(-c5cccc6c5ccc5ccccc56)c4)c4ccc5c(c4)C4(CCc6ccccc64)c4ccccc4-5)cc3)c21. The molecular formula is C68H49N. The van der Waals surface area contributed by atoms with Gasteiger partial charge in [-0.3, -0.25) is 0 Å². The van der Waals surface area contributed by atoms with E-state index in [0.29, 0.717) is 0 Å². The highest BCUT2D eigenvalue weighted by Crippen LogP contribution is 2.59. The maximum atomic E-state index is 2.52. The van der Waals surface area contributed by atoms with Gasteiger partial charge in [0.1, 0.15) is 0 Å². The molecule has 3 aliphatic carbocycles. The lowest BCUT2D eigenvalue weighted by atomic mass is 9.73. The van der Waals surface area contributed by atoms with Crippen LogP contribution in [-0.2, 0) is 17.3 Å². The molecule has 0 heterocycles.